The first-order valence-corrected chi connectivity index (χ1v) is 6.90. The SMILES string of the molecule is CCOP(=O)(CC)OCC.CN(C)C(N)=O. The van der Waals surface area contributed by atoms with Crippen molar-refractivity contribution in [1.82, 2.24) is 4.90 Å². The molecule has 0 spiro atoms. The van der Waals surface area contributed by atoms with Crippen LogP contribution in [0.2, 0.25) is 0 Å². The van der Waals surface area contributed by atoms with Crippen LogP contribution in [-0.4, -0.2) is 44.4 Å². The van der Waals surface area contributed by atoms with Crippen LogP contribution < -0.4 is 5.73 Å². The van der Waals surface area contributed by atoms with Gasteiger partial charge in [-0.2, -0.15) is 0 Å². The van der Waals surface area contributed by atoms with Gasteiger partial charge in [-0.1, -0.05) is 6.92 Å². The number of rotatable bonds is 5. The molecule has 2 N–H and O–H groups in total. The van der Waals surface area contributed by atoms with E-state index in [4.69, 9.17) is 14.8 Å². The van der Waals surface area contributed by atoms with Gasteiger partial charge >= 0.3 is 13.6 Å². The quantitative estimate of drug-likeness (QED) is 0.759. The van der Waals surface area contributed by atoms with E-state index in [0.717, 1.165) is 0 Å². The van der Waals surface area contributed by atoms with Gasteiger partial charge in [0.05, 0.1) is 13.2 Å². The first-order valence-electron chi connectivity index (χ1n) is 5.17. The molecule has 16 heavy (non-hydrogen) atoms. The summed E-state index contributed by atoms with van der Waals surface area (Å²) in [6.45, 7) is 6.31. The molecule has 0 aliphatic heterocycles. The molecule has 0 saturated carbocycles. The van der Waals surface area contributed by atoms with Crippen molar-refractivity contribution < 1.29 is 18.4 Å². The number of nitrogens with two attached hydrogens (primary N) is 1. The molecule has 0 fully saturated rings. The lowest BCUT2D eigenvalue weighted by molar-refractivity contribution is 0.221. The second-order valence-corrected chi connectivity index (χ2v) is 5.37. The van der Waals surface area contributed by atoms with Gasteiger partial charge < -0.3 is 19.7 Å². The van der Waals surface area contributed by atoms with Gasteiger partial charge in [0, 0.05) is 20.3 Å². The molecule has 0 atom stereocenters. The van der Waals surface area contributed by atoms with Crippen molar-refractivity contribution >= 4 is 13.6 Å². The van der Waals surface area contributed by atoms with E-state index in [0.29, 0.717) is 19.4 Å². The second-order valence-electron chi connectivity index (χ2n) is 3.00. The van der Waals surface area contributed by atoms with E-state index in [1.807, 2.05) is 0 Å². The Balaban J connectivity index is 0. The molecule has 0 aromatic carbocycles. The molecule has 2 amide bonds. The predicted octanol–water partition coefficient (Wildman–Crippen LogP) is 1.90. The highest BCUT2D eigenvalue weighted by Crippen LogP contribution is 2.47. The third-order valence-corrected chi connectivity index (χ3v) is 3.56. The highest BCUT2D eigenvalue weighted by atomic mass is 31.2. The van der Waals surface area contributed by atoms with Crippen LogP contribution in [0, 0.1) is 0 Å². The Morgan fingerprint density at radius 1 is 1.19 bits per heavy atom. The molecule has 0 heterocycles. The number of nitrogens with zero attached hydrogens (tertiary/aromatic N) is 1. The fraction of sp³-hybridized carbons (Fsp3) is 0.889. The monoisotopic (exact) mass is 254 g/mol. The summed E-state index contributed by atoms with van der Waals surface area (Å²) in [6, 6.07) is -0.407. The van der Waals surface area contributed by atoms with E-state index in [1.54, 1.807) is 34.9 Å². The van der Waals surface area contributed by atoms with Gasteiger partial charge in [-0.15, -0.1) is 0 Å². The first-order chi connectivity index (χ1) is 7.32. The van der Waals surface area contributed by atoms with E-state index in [2.05, 4.69) is 0 Å². The maximum Gasteiger partial charge on any atom is 0.330 e. The van der Waals surface area contributed by atoms with Gasteiger partial charge in [-0.25, -0.2) is 4.79 Å². The average molecular weight is 254 g/mol. The molecular formula is C9H23N2O4P. The Morgan fingerprint density at radius 3 is 1.62 bits per heavy atom. The van der Waals surface area contributed by atoms with Crippen LogP contribution in [0.15, 0.2) is 0 Å². The summed E-state index contributed by atoms with van der Waals surface area (Å²) < 4.78 is 21.2. The lowest BCUT2D eigenvalue weighted by Crippen LogP contribution is -2.27. The van der Waals surface area contributed by atoms with Crippen LogP contribution in [-0.2, 0) is 13.6 Å². The minimum absolute atomic E-state index is 0.407. The fourth-order valence-electron chi connectivity index (χ4n) is 0.613. The molecule has 0 aromatic heterocycles. The first kappa shape index (κ1) is 17.8. The van der Waals surface area contributed by atoms with Crippen LogP contribution in [0.1, 0.15) is 20.8 Å². The number of urea groups is 1. The van der Waals surface area contributed by atoms with Crippen molar-refractivity contribution in [2.24, 2.45) is 5.73 Å². The summed E-state index contributed by atoms with van der Waals surface area (Å²) in [5, 5.41) is 0. The maximum absolute atomic E-state index is 11.3. The van der Waals surface area contributed by atoms with E-state index in [1.165, 1.54) is 4.90 Å². The molecule has 0 aliphatic carbocycles. The summed E-state index contributed by atoms with van der Waals surface area (Å²) in [7, 11) is 0.499. The number of carbonyl (C=O) groups excluding carboxylic acids is 1. The molecular weight excluding hydrogens is 231 g/mol. The van der Waals surface area contributed by atoms with Crippen LogP contribution in [0.4, 0.5) is 4.79 Å². The Morgan fingerprint density at radius 2 is 1.50 bits per heavy atom. The third kappa shape index (κ3) is 9.96. The molecule has 0 bridgehead atoms. The normalized spacial score (nSPS) is 10.3. The Kier molecular flexibility index (Phi) is 10.7. The summed E-state index contributed by atoms with van der Waals surface area (Å²) in [4.78, 5) is 11.2. The lowest BCUT2D eigenvalue weighted by Gasteiger charge is -2.13. The molecule has 0 aromatic rings. The second kappa shape index (κ2) is 9.63. The molecule has 0 aliphatic rings. The van der Waals surface area contributed by atoms with Gasteiger partial charge in [-0.3, -0.25) is 4.57 Å². The van der Waals surface area contributed by atoms with Crippen molar-refractivity contribution in [3.8, 4) is 0 Å². The molecule has 7 heteroatoms. The summed E-state index contributed by atoms with van der Waals surface area (Å²) in [5.74, 6) is 0. The van der Waals surface area contributed by atoms with Crippen LogP contribution >= 0.6 is 7.60 Å². The van der Waals surface area contributed by atoms with Crippen molar-refractivity contribution in [1.29, 1.82) is 0 Å². The molecule has 0 saturated heterocycles. The molecule has 0 rings (SSSR count). The van der Waals surface area contributed by atoms with Gasteiger partial charge in [0.2, 0.25) is 0 Å². The standard InChI is InChI=1S/C6H15O3P.C3H8N2O/c1-4-8-10(7,6-3)9-5-2;1-5(2)3(4)6/h4-6H2,1-3H3;1-2H3,(H2,4,6). The highest BCUT2D eigenvalue weighted by molar-refractivity contribution is 7.53. The largest absolute Gasteiger partial charge is 0.352 e. The number of amides is 2. The topological polar surface area (TPSA) is 81.9 Å². The lowest BCUT2D eigenvalue weighted by atomic mass is 10.9. The zero-order valence-corrected chi connectivity index (χ0v) is 11.6. The Labute approximate surface area is 97.6 Å². The van der Waals surface area contributed by atoms with Crippen molar-refractivity contribution in [3.63, 3.8) is 0 Å². The number of hydrogen-bond donors (Lipinski definition) is 1. The average Bonchev–Trinajstić information content (AvgIpc) is 2.19. The minimum atomic E-state index is -2.70. The van der Waals surface area contributed by atoms with E-state index in [9.17, 15) is 9.36 Å². The van der Waals surface area contributed by atoms with Crippen molar-refractivity contribution in [3.05, 3.63) is 0 Å². The van der Waals surface area contributed by atoms with E-state index < -0.39 is 13.6 Å². The molecule has 0 radical (unpaired) electrons. The zero-order valence-electron chi connectivity index (χ0n) is 10.7. The van der Waals surface area contributed by atoms with E-state index >= 15 is 0 Å². The zero-order chi connectivity index (χ0) is 13.2. The number of primary amides is 1. The van der Waals surface area contributed by atoms with Crippen LogP contribution in [0.5, 0.6) is 0 Å². The number of hydrogen-bond acceptors (Lipinski definition) is 4. The Hall–Kier alpha value is -0.580. The molecule has 6 nitrogen and oxygen atoms in total. The van der Waals surface area contributed by atoms with Gasteiger partial charge in [0.1, 0.15) is 0 Å². The Bertz CT molecular complexity index is 224. The predicted molar refractivity (Wildman–Crippen MR) is 64.7 cm³/mol. The van der Waals surface area contributed by atoms with E-state index in [-0.39, 0.29) is 0 Å². The van der Waals surface area contributed by atoms with Crippen LogP contribution in [0.3, 0.4) is 0 Å². The highest BCUT2D eigenvalue weighted by Gasteiger charge is 2.19. The summed E-state index contributed by atoms with van der Waals surface area (Å²) in [6.07, 6.45) is 0.453. The van der Waals surface area contributed by atoms with Gasteiger partial charge in [-0.05, 0) is 13.8 Å². The fourth-order valence-corrected chi connectivity index (χ4v) is 1.84. The van der Waals surface area contributed by atoms with Crippen LogP contribution in [0.25, 0.3) is 0 Å². The smallest absolute Gasteiger partial charge is 0.330 e. The summed E-state index contributed by atoms with van der Waals surface area (Å²) in [5.41, 5.74) is 4.72. The minimum Gasteiger partial charge on any atom is -0.352 e. The summed E-state index contributed by atoms with van der Waals surface area (Å²) >= 11 is 0. The van der Waals surface area contributed by atoms with Crippen molar-refractivity contribution in [2.45, 2.75) is 20.8 Å². The van der Waals surface area contributed by atoms with Gasteiger partial charge in [0.25, 0.3) is 0 Å². The molecule has 98 valence electrons. The molecule has 0 unspecified atom stereocenters. The maximum atomic E-state index is 11.3. The van der Waals surface area contributed by atoms with Crippen molar-refractivity contribution in [2.75, 3.05) is 33.5 Å². The van der Waals surface area contributed by atoms with Gasteiger partial charge in [0.15, 0.2) is 0 Å². The third-order valence-electron chi connectivity index (χ3n) is 1.48. The number of carbonyl (C=O) groups is 1.